The Morgan fingerprint density at radius 3 is 2.48 bits per heavy atom. The van der Waals surface area contributed by atoms with Crippen molar-refractivity contribution in [3.8, 4) is 0 Å². The van der Waals surface area contributed by atoms with Gasteiger partial charge in [-0.1, -0.05) is 18.0 Å². The molecule has 1 atom stereocenters. The van der Waals surface area contributed by atoms with Gasteiger partial charge in [0.2, 0.25) is 0 Å². The molecule has 0 bridgehead atoms. The normalized spacial score (nSPS) is 24.3. The Kier molecular flexibility index (Phi) is 5.57. The van der Waals surface area contributed by atoms with Gasteiger partial charge < -0.3 is 10.6 Å². The van der Waals surface area contributed by atoms with Crippen molar-refractivity contribution in [2.45, 2.75) is 44.2 Å². The molecule has 3 rings (SSSR count). The first-order chi connectivity index (χ1) is 10.3. The molecule has 3 nitrogen and oxygen atoms in total. The largest absolute Gasteiger partial charge is 0.329 e. The van der Waals surface area contributed by atoms with Crippen LogP contribution < -0.4 is 5.73 Å². The second-order valence-electron chi connectivity index (χ2n) is 6.28. The van der Waals surface area contributed by atoms with Crippen LogP contribution in [0.5, 0.6) is 0 Å². The molecule has 1 unspecified atom stereocenters. The molecule has 2 aliphatic rings. The molecule has 2 saturated heterocycles. The van der Waals surface area contributed by atoms with Crippen molar-refractivity contribution in [2.24, 2.45) is 5.73 Å². The Morgan fingerprint density at radius 1 is 1.19 bits per heavy atom. The topological polar surface area (TPSA) is 32.5 Å². The SMILES string of the molecule is NCC(c1cc(Cl)cs1)N1CCC(N2CCCCC2)CC1. The molecule has 21 heavy (non-hydrogen) atoms. The van der Waals surface area contributed by atoms with E-state index in [2.05, 4.69) is 15.9 Å². The first kappa shape index (κ1) is 15.8. The zero-order chi connectivity index (χ0) is 14.7. The molecule has 0 saturated carbocycles. The summed E-state index contributed by atoms with van der Waals surface area (Å²) < 4.78 is 0. The molecule has 1 aromatic heterocycles. The van der Waals surface area contributed by atoms with Crippen molar-refractivity contribution < 1.29 is 0 Å². The molecule has 2 fully saturated rings. The summed E-state index contributed by atoms with van der Waals surface area (Å²) in [6, 6.07) is 3.23. The van der Waals surface area contributed by atoms with E-state index >= 15 is 0 Å². The molecule has 0 radical (unpaired) electrons. The fourth-order valence-electron chi connectivity index (χ4n) is 3.79. The maximum absolute atomic E-state index is 6.07. The molecule has 0 aliphatic carbocycles. The number of rotatable bonds is 4. The molecule has 5 heteroatoms. The fourth-order valence-corrected chi connectivity index (χ4v) is 5.02. The molecule has 118 valence electrons. The van der Waals surface area contributed by atoms with Gasteiger partial charge in [-0.2, -0.15) is 0 Å². The highest BCUT2D eigenvalue weighted by molar-refractivity contribution is 7.10. The number of nitrogens with two attached hydrogens (primary N) is 1. The molecule has 0 spiro atoms. The maximum atomic E-state index is 6.07. The van der Waals surface area contributed by atoms with E-state index in [1.54, 1.807) is 11.3 Å². The molecular formula is C16H26ClN3S. The minimum absolute atomic E-state index is 0.352. The van der Waals surface area contributed by atoms with Crippen LogP contribution >= 0.6 is 22.9 Å². The van der Waals surface area contributed by atoms with Gasteiger partial charge in [0.15, 0.2) is 0 Å². The van der Waals surface area contributed by atoms with Gasteiger partial charge in [0, 0.05) is 35.9 Å². The Labute approximate surface area is 137 Å². The monoisotopic (exact) mass is 327 g/mol. The minimum Gasteiger partial charge on any atom is -0.329 e. The number of halogens is 1. The first-order valence-corrected chi connectivity index (χ1v) is 9.46. The van der Waals surface area contributed by atoms with Gasteiger partial charge in [0.1, 0.15) is 0 Å². The second-order valence-corrected chi connectivity index (χ2v) is 7.66. The predicted molar refractivity (Wildman–Crippen MR) is 91.1 cm³/mol. The number of likely N-dealkylation sites (tertiary alicyclic amines) is 2. The highest BCUT2D eigenvalue weighted by Crippen LogP contribution is 2.31. The van der Waals surface area contributed by atoms with Gasteiger partial charge in [-0.3, -0.25) is 4.90 Å². The highest BCUT2D eigenvalue weighted by atomic mass is 35.5. The van der Waals surface area contributed by atoms with E-state index in [1.807, 2.05) is 5.38 Å². The average Bonchev–Trinajstić information content (AvgIpc) is 2.96. The van der Waals surface area contributed by atoms with Gasteiger partial charge in [-0.25, -0.2) is 0 Å². The summed E-state index contributed by atoms with van der Waals surface area (Å²) in [5.74, 6) is 0. The Hall–Kier alpha value is -0.130. The highest BCUT2D eigenvalue weighted by Gasteiger charge is 2.29. The second kappa shape index (κ2) is 7.42. The summed E-state index contributed by atoms with van der Waals surface area (Å²) in [5.41, 5.74) is 6.03. The Morgan fingerprint density at radius 2 is 1.90 bits per heavy atom. The third kappa shape index (κ3) is 3.80. The van der Waals surface area contributed by atoms with E-state index in [-0.39, 0.29) is 0 Å². The van der Waals surface area contributed by atoms with E-state index in [0.29, 0.717) is 12.6 Å². The number of hydrogen-bond acceptors (Lipinski definition) is 4. The van der Waals surface area contributed by atoms with Crippen molar-refractivity contribution in [1.82, 2.24) is 9.80 Å². The molecule has 2 N–H and O–H groups in total. The van der Waals surface area contributed by atoms with Crippen LogP contribution in [-0.4, -0.2) is 48.6 Å². The van der Waals surface area contributed by atoms with Crippen molar-refractivity contribution in [2.75, 3.05) is 32.7 Å². The van der Waals surface area contributed by atoms with Crippen LogP contribution in [0.1, 0.15) is 43.0 Å². The van der Waals surface area contributed by atoms with Gasteiger partial charge >= 0.3 is 0 Å². The summed E-state index contributed by atoms with van der Waals surface area (Å²) in [5, 5.41) is 2.86. The number of thiophene rings is 1. The molecule has 2 aliphatic heterocycles. The van der Waals surface area contributed by atoms with E-state index in [4.69, 9.17) is 17.3 Å². The van der Waals surface area contributed by atoms with Crippen LogP contribution in [0.25, 0.3) is 0 Å². The van der Waals surface area contributed by atoms with Crippen LogP contribution in [0, 0.1) is 0 Å². The van der Waals surface area contributed by atoms with E-state index in [0.717, 1.165) is 11.1 Å². The third-order valence-electron chi connectivity index (χ3n) is 4.99. The van der Waals surface area contributed by atoms with Crippen LogP contribution in [0.2, 0.25) is 5.02 Å². The molecule has 1 aromatic rings. The number of nitrogens with zero attached hydrogens (tertiary/aromatic N) is 2. The summed E-state index contributed by atoms with van der Waals surface area (Å²) in [7, 11) is 0. The molecule has 0 amide bonds. The van der Waals surface area contributed by atoms with Crippen molar-refractivity contribution >= 4 is 22.9 Å². The smallest absolute Gasteiger partial charge is 0.0564 e. The predicted octanol–water partition coefficient (Wildman–Crippen LogP) is 3.35. The Balaban J connectivity index is 1.56. The van der Waals surface area contributed by atoms with E-state index < -0.39 is 0 Å². The van der Waals surface area contributed by atoms with E-state index in [1.165, 1.54) is 63.2 Å². The zero-order valence-corrected chi connectivity index (χ0v) is 14.2. The van der Waals surface area contributed by atoms with Crippen LogP contribution in [0.3, 0.4) is 0 Å². The quantitative estimate of drug-likeness (QED) is 0.920. The lowest BCUT2D eigenvalue weighted by atomic mass is 9.98. The van der Waals surface area contributed by atoms with Gasteiger partial charge in [0.25, 0.3) is 0 Å². The fraction of sp³-hybridized carbons (Fsp3) is 0.750. The molecular weight excluding hydrogens is 302 g/mol. The summed E-state index contributed by atoms with van der Waals surface area (Å²) in [6.07, 6.45) is 6.77. The van der Waals surface area contributed by atoms with Crippen LogP contribution in [0.15, 0.2) is 11.4 Å². The number of piperidine rings is 2. The van der Waals surface area contributed by atoms with Crippen molar-refractivity contribution in [3.05, 3.63) is 21.3 Å². The van der Waals surface area contributed by atoms with Gasteiger partial charge in [0.05, 0.1) is 11.1 Å². The molecule has 0 aromatic carbocycles. The van der Waals surface area contributed by atoms with Crippen LogP contribution in [0.4, 0.5) is 0 Å². The lowest BCUT2D eigenvalue weighted by Crippen LogP contribution is -2.48. The first-order valence-electron chi connectivity index (χ1n) is 8.20. The minimum atomic E-state index is 0.352. The summed E-state index contributed by atoms with van der Waals surface area (Å²) >= 11 is 7.81. The van der Waals surface area contributed by atoms with Crippen LogP contribution in [-0.2, 0) is 0 Å². The maximum Gasteiger partial charge on any atom is 0.0564 e. The lowest BCUT2D eigenvalue weighted by molar-refractivity contribution is 0.0743. The summed E-state index contributed by atoms with van der Waals surface area (Å²) in [6.45, 7) is 5.64. The van der Waals surface area contributed by atoms with E-state index in [9.17, 15) is 0 Å². The molecule has 3 heterocycles. The number of hydrogen-bond donors (Lipinski definition) is 1. The zero-order valence-electron chi connectivity index (χ0n) is 12.6. The third-order valence-corrected chi connectivity index (χ3v) is 6.37. The Bertz CT molecular complexity index is 436. The van der Waals surface area contributed by atoms with Gasteiger partial charge in [-0.15, -0.1) is 11.3 Å². The standard InChI is InChI=1S/C16H26ClN3S/c17-13-10-16(21-12-13)15(11-18)20-8-4-14(5-9-20)19-6-2-1-3-7-19/h10,12,14-15H,1-9,11,18H2. The average molecular weight is 328 g/mol. The van der Waals surface area contributed by atoms with Gasteiger partial charge in [-0.05, 0) is 44.8 Å². The van der Waals surface area contributed by atoms with Crippen molar-refractivity contribution in [1.29, 1.82) is 0 Å². The lowest BCUT2D eigenvalue weighted by Gasteiger charge is -2.42. The summed E-state index contributed by atoms with van der Waals surface area (Å²) in [4.78, 5) is 6.60. The van der Waals surface area contributed by atoms with Crippen molar-refractivity contribution in [3.63, 3.8) is 0 Å².